The number of fused-ring (bicyclic) bond motifs is 6. The van der Waals surface area contributed by atoms with Crippen LogP contribution in [0.5, 0.6) is 5.75 Å². The van der Waals surface area contributed by atoms with E-state index in [1.54, 1.807) is 4.90 Å². The number of benzene rings is 2. The topological polar surface area (TPSA) is 102 Å². The van der Waals surface area contributed by atoms with E-state index in [0.29, 0.717) is 64.2 Å². The van der Waals surface area contributed by atoms with Crippen LogP contribution in [0.3, 0.4) is 0 Å². The van der Waals surface area contributed by atoms with E-state index >= 15 is 0 Å². The summed E-state index contributed by atoms with van der Waals surface area (Å²) in [4.78, 5) is 46.7. The van der Waals surface area contributed by atoms with Gasteiger partial charge in [0.1, 0.15) is 17.7 Å². The molecule has 0 radical (unpaired) electrons. The predicted molar refractivity (Wildman–Crippen MR) is 141 cm³/mol. The molecular weight excluding hydrogens is 484 g/mol. The Morgan fingerprint density at radius 3 is 2.74 bits per heavy atom. The minimum Gasteiger partial charge on any atom is -0.494 e. The summed E-state index contributed by atoms with van der Waals surface area (Å²) in [5, 5.41) is 12.8. The highest BCUT2D eigenvalue weighted by molar-refractivity contribution is 6.12. The highest BCUT2D eigenvalue weighted by atomic mass is 16.5. The maximum Gasteiger partial charge on any atom is 0.240 e. The number of hydrogen-bond donors (Lipinski definition) is 2. The summed E-state index contributed by atoms with van der Waals surface area (Å²) in [6.45, 7) is 2.88. The van der Waals surface area contributed by atoms with Crippen LogP contribution in [0.4, 0.5) is 5.69 Å². The molecule has 2 atom stereocenters. The minimum absolute atomic E-state index is 0.0304. The molecule has 3 amide bonds. The number of para-hydroxylation sites is 1. The summed E-state index contributed by atoms with van der Waals surface area (Å²) in [7, 11) is 0. The SMILES string of the molecule is O=C1CN2C(=O)[C@]3(CCN(C(=O)CN4CCC(O)CC4)[C@H]3c3cccc(c3)OCCCN1)c1ccccc12. The second kappa shape index (κ2) is 10.0. The fourth-order valence-electron chi connectivity index (χ4n) is 6.60. The Balaban J connectivity index is 1.44. The molecule has 9 nitrogen and oxygen atoms in total. The van der Waals surface area contributed by atoms with Gasteiger partial charge in [0, 0.05) is 31.9 Å². The first-order valence-electron chi connectivity index (χ1n) is 13.6. The first-order valence-corrected chi connectivity index (χ1v) is 13.6. The molecule has 2 aromatic rings. The van der Waals surface area contributed by atoms with E-state index < -0.39 is 11.5 Å². The zero-order chi connectivity index (χ0) is 26.3. The van der Waals surface area contributed by atoms with Gasteiger partial charge in [0.2, 0.25) is 17.7 Å². The van der Waals surface area contributed by atoms with E-state index in [0.717, 1.165) is 16.8 Å². The van der Waals surface area contributed by atoms with Gasteiger partial charge in [-0.15, -0.1) is 0 Å². The molecule has 2 saturated heterocycles. The van der Waals surface area contributed by atoms with Gasteiger partial charge < -0.3 is 25.0 Å². The molecule has 4 bridgehead atoms. The predicted octanol–water partition coefficient (Wildman–Crippen LogP) is 1.60. The second-order valence-corrected chi connectivity index (χ2v) is 10.8. The van der Waals surface area contributed by atoms with Crippen molar-refractivity contribution in [2.75, 3.05) is 50.8 Å². The third-order valence-corrected chi connectivity index (χ3v) is 8.45. The average Bonchev–Trinajstić information content (AvgIpc) is 3.43. The maximum absolute atomic E-state index is 14.4. The van der Waals surface area contributed by atoms with E-state index in [-0.39, 0.29) is 36.9 Å². The van der Waals surface area contributed by atoms with Crippen molar-refractivity contribution in [2.24, 2.45) is 0 Å². The normalized spacial score (nSPS) is 26.3. The smallest absolute Gasteiger partial charge is 0.240 e. The molecule has 38 heavy (non-hydrogen) atoms. The highest BCUT2D eigenvalue weighted by Gasteiger charge is 2.61. The first kappa shape index (κ1) is 24.9. The second-order valence-electron chi connectivity index (χ2n) is 10.8. The molecule has 200 valence electrons. The Bertz CT molecular complexity index is 1240. The van der Waals surface area contributed by atoms with Crippen molar-refractivity contribution >= 4 is 23.4 Å². The molecule has 2 fully saturated rings. The minimum atomic E-state index is -0.993. The van der Waals surface area contributed by atoms with Gasteiger partial charge in [-0.25, -0.2) is 0 Å². The van der Waals surface area contributed by atoms with E-state index in [4.69, 9.17) is 4.74 Å². The van der Waals surface area contributed by atoms with Crippen LogP contribution in [-0.2, 0) is 19.8 Å². The van der Waals surface area contributed by atoms with Gasteiger partial charge in [0.05, 0.1) is 25.3 Å². The lowest BCUT2D eigenvalue weighted by Crippen LogP contribution is -2.49. The van der Waals surface area contributed by atoms with Crippen LogP contribution >= 0.6 is 0 Å². The van der Waals surface area contributed by atoms with Crippen LogP contribution in [0, 0.1) is 0 Å². The maximum atomic E-state index is 14.4. The number of piperidine rings is 1. The van der Waals surface area contributed by atoms with Crippen LogP contribution < -0.4 is 15.0 Å². The highest BCUT2D eigenvalue weighted by Crippen LogP contribution is 2.56. The molecule has 4 aliphatic heterocycles. The Labute approximate surface area is 222 Å². The molecule has 2 aromatic carbocycles. The number of likely N-dealkylation sites (tertiary alicyclic amines) is 2. The van der Waals surface area contributed by atoms with Crippen molar-refractivity contribution in [1.82, 2.24) is 15.1 Å². The van der Waals surface area contributed by atoms with Gasteiger partial charge in [-0.2, -0.15) is 0 Å². The number of carbonyl (C=O) groups is 3. The molecule has 0 saturated carbocycles. The molecule has 6 rings (SSSR count). The number of amides is 3. The van der Waals surface area contributed by atoms with Crippen LogP contribution in [0.25, 0.3) is 0 Å². The fourth-order valence-corrected chi connectivity index (χ4v) is 6.60. The van der Waals surface area contributed by atoms with Crippen molar-refractivity contribution in [3.63, 3.8) is 0 Å². The number of ether oxygens (including phenoxy) is 1. The van der Waals surface area contributed by atoms with Gasteiger partial charge in [-0.1, -0.05) is 30.3 Å². The van der Waals surface area contributed by atoms with E-state index in [1.165, 1.54) is 0 Å². The number of hydrogen-bond acceptors (Lipinski definition) is 6. The zero-order valence-electron chi connectivity index (χ0n) is 21.5. The largest absolute Gasteiger partial charge is 0.494 e. The summed E-state index contributed by atoms with van der Waals surface area (Å²) in [6.07, 6.45) is 2.12. The average molecular weight is 519 g/mol. The van der Waals surface area contributed by atoms with E-state index in [1.807, 2.05) is 53.4 Å². The van der Waals surface area contributed by atoms with Crippen molar-refractivity contribution < 1.29 is 24.2 Å². The van der Waals surface area contributed by atoms with Crippen molar-refractivity contribution in [3.05, 3.63) is 59.7 Å². The third-order valence-electron chi connectivity index (χ3n) is 8.45. The fraction of sp³-hybridized carbons (Fsp3) is 0.483. The molecule has 0 aromatic heterocycles. The van der Waals surface area contributed by atoms with Crippen molar-refractivity contribution in [2.45, 2.75) is 43.2 Å². The summed E-state index contributed by atoms with van der Waals surface area (Å²) >= 11 is 0. The summed E-state index contributed by atoms with van der Waals surface area (Å²) in [5.74, 6) is 0.298. The number of anilines is 1. The number of aliphatic hydroxyl groups is 1. The lowest BCUT2D eigenvalue weighted by Gasteiger charge is -2.37. The Morgan fingerprint density at radius 2 is 1.89 bits per heavy atom. The van der Waals surface area contributed by atoms with Crippen molar-refractivity contribution in [1.29, 1.82) is 0 Å². The molecule has 1 spiro atoms. The van der Waals surface area contributed by atoms with Gasteiger partial charge in [-0.3, -0.25) is 19.3 Å². The molecule has 4 aliphatic rings. The Morgan fingerprint density at radius 1 is 1.08 bits per heavy atom. The number of carbonyl (C=O) groups excluding carboxylic acids is 3. The van der Waals surface area contributed by atoms with E-state index in [2.05, 4.69) is 10.2 Å². The summed E-state index contributed by atoms with van der Waals surface area (Å²) < 4.78 is 5.99. The van der Waals surface area contributed by atoms with Gasteiger partial charge >= 0.3 is 0 Å². The van der Waals surface area contributed by atoms with Crippen LogP contribution in [-0.4, -0.2) is 84.6 Å². The standard InChI is InChI=1S/C29H34N4O5/c34-21-9-13-31(14-10-21)19-26(36)32-15-11-29-23-7-1-2-8-24(23)33(28(29)37)18-25(35)30-12-4-16-38-22-6-3-5-20(17-22)27(29)32/h1-3,5-8,17,21,27,34H,4,9-16,18-19H2,(H,30,35)/t27-,29+/m0/s1. The zero-order valence-corrected chi connectivity index (χ0v) is 21.5. The van der Waals surface area contributed by atoms with Gasteiger partial charge in [0.15, 0.2) is 0 Å². The summed E-state index contributed by atoms with van der Waals surface area (Å²) in [6, 6.07) is 14.9. The molecule has 0 aliphatic carbocycles. The molecule has 4 heterocycles. The number of aliphatic hydroxyl groups excluding tert-OH is 1. The molecule has 0 unspecified atom stereocenters. The van der Waals surface area contributed by atoms with Crippen LogP contribution in [0.15, 0.2) is 48.5 Å². The Hall–Kier alpha value is -3.43. The Kier molecular flexibility index (Phi) is 6.57. The quantitative estimate of drug-likeness (QED) is 0.626. The molecule has 2 N–H and O–H groups in total. The first-order chi connectivity index (χ1) is 18.5. The lowest BCUT2D eigenvalue weighted by atomic mass is 9.72. The van der Waals surface area contributed by atoms with Crippen molar-refractivity contribution in [3.8, 4) is 5.75 Å². The van der Waals surface area contributed by atoms with Gasteiger partial charge in [-0.05, 0) is 55.0 Å². The summed E-state index contributed by atoms with van der Waals surface area (Å²) in [5.41, 5.74) is 1.46. The van der Waals surface area contributed by atoms with Crippen LogP contribution in [0.2, 0.25) is 0 Å². The van der Waals surface area contributed by atoms with Gasteiger partial charge in [0.25, 0.3) is 0 Å². The number of rotatable bonds is 2. The molecular formula is C29H34N4O5. The third kappa shape index (κ3) is 4.23. The van der Waals surface area contributed by atoms with Crippen LogP contribution in [0.1, 0.15) is 42.9 Å². The molecule has 9 heteroatoms. The monoisotopic (exact) mass is 518 g/mol. The number of nitrogens with one attached hydrogen (secondary N) is 1. The van der Waals surface area contributed by atoms with E-state index in [9.17, 15) is 19.5 Å². The number of nitrogens with zero attached hydrogens (tertiary/aromatic N) is 3. The lowest BCUT2D eigenvalue weighted by molar-refractivity contribution is -0.135.